The number of benzene rings is 1. The summed E-state index contributed by atoms with van der Waals surface area (Å²) in [6, 6.07) is 5.28. The molecule has 2 N–H and O–H groups in total. The van der Waals surface area contributed by atoms with E-state index in [1.54, 1.807) is 25.1 Å². The normalized spacial score (nSPS) is 13.7. The van der Waals surface area contributed by atoms with Gasteiger partial charge in [0.05, 0.1) is 26.4 Å². The molecule has 0 radical (unpaired) electrons. The van der Waals surface area contributed by atoms with Crippen LogP contribution in [0.15, 0.2) is 23.0 Å². The first-order valence-corrected chi connectivity index (χ1v) is 10.6. The van der Waals surface area contributed by atoms with E-state index in [0.717, 1.165) is 0 Å². The largest absolute Gasteiger partial charge is 0.490 e. The summed E-state index contributed by atoms with van der Waals surface area (Å²) in [7, 11) is 0. The minimum absolute atomic E-state index is 0.166. The minimum atomic E-state index is -0.207. The van der Waals surface area contributed by atoms with Crippen LogP contribution in [0.2, 0.25) is 0 Å². The minimum Gasteiger partial charge on any atom is -0.490 e. The molecule has 0 atom stereocenters. The average molecular weight is 431 g/mol. The fourth-order valence-electron chi connectivity index (χ4n) is 3.41. The molecule has 1 aliphatic rings. The zero-order valence-corrected chi connectivity index (χ0v) is 18.3. The number of carbonyl (C=O) groups excluding carboxylic acids is 1. The maximum Gasteiger partial charge on any atom is 0.255 e. The number of nitrogens with zero attached hydrogens (tertiary/aromatic N) is 2. The van der Waals surface area contributed by atoms with Crippen molar-refractivity contribution in [1.29, 1.82) is 0 Å². The molecule has 9 nitrogen and oxygen atoms in total. The average Bonchev–Trinajstić information content (AvgIpc) is 2.76. The number of aromatic amines is 1. The third-order valence-corrected chi connectivity index (χ3v) is 4.95. The number of ether oxygens (including phenoxy) is 3. The molecular weight excluding hydrogens is 400 g/mol. The van der Waals surface area contributed by atoms with Gasteiger partial charge >= 0.3 is 0 Å². The lowest BCUT2D eigenvalue weighted by Crippen LogP contribution is -2.38. The molecule has 2 heterocycles. The third-order valence-electron chi connectivity index (χ3n) is 4.95. The molecule has 0 saturated carbocycles. The molecule has 1 aromatic carbocycles. The first kappa shape index (κ1) is 22.6. The van der Waals surface area contributed by atoms with E-state index >= 15 is 0 Å². The molecule has 1 saturated heterocycles. The summed E-state index contributed by atoms with van der Waals surface area (Å²) < 4.78 is 16.5. The molecule has 0 spiro atoms. The Morgan fingerprint density at radius 3 is 2.58 bits per heavy atom. The van der Waals surface area contributed by atoms with Crippen LogP contribution in [0.3, 0.4) is 0 Å². The maximum absolute atomic E-state index is 12.6. The number of morpholine rings is 1. The molecule has 2 aromatic rings. The van der Waals surface area contributed by atoms with Crippen molar-refractivity contribution in [2.45, 2.75) is 33.6 Å². The molecule has 0 unspecified atom stereocenters. The van der Waals surface area contributed by atoms with Gasteiger partial charge in [-0.2, -0.15) is 0 Å². The van der Waals surface area contributed by atoms with Gasteiger partial charge in [0.25, 0.3) is 5.56 Å². The molecule has 168 valence electrons. The highest BCUT2D eigenvalue weighted by molar-refractivity contribution is 5.91. The van der Waals surface area contributed by atoms with Crippen molar-refractivity contribution >= 4 is 17.5 Å². The SMILES string of the molecule is CCOc1ccc(NC(=O)CCc2c(C)nc(N3CCOCC3)[nH]c2=O)cc1OCC. The molecule has 1 fully saturated rings. The quantitative estimate of drug-likeness (QED) is 0.629. The zero-order chi connectivity index (χ0) is 22.2. The Morgan fingerprint density at radius 1 is 1.19 bits per heavy atom. The lowest BCUT2D eigenvalue weighted by molar-refractivity contribution is -0.116. The Labute approximate surface area is 181 Å². The van der Waals surface area contributed by atoms with Gasteiger partial charge < -0.3 is 24.4 Å². The molecule has 9 heteroatoms. The highest BCUT2D eigenvalue weighted by atomic mass is 16.5. The van der Waals surface area contributed by atoms with E-state index < -0.39 is 0 Å². The number of amides is 1. The first-order valence-electron chi connectivity index (χ1n) is 10.6. The smallest absolute Gasteiger partial charge is 0.255 e. The van der Waals surface area contributed by atoms with Crippen LogP contribution in [0, 0.1) is 6.92 Å². The van der Waals surface area contributed by atoms with Crippen molar-refractivity contribution < 1.29 is 19.0 Å². The van der Waals surface area contributed by atoms with E-state index in [2.05, 4.69) is 15.3 Å². The summed E-state index contributed by atoms with van der Waals surface area (Å²) >= 11 is 0. The second kappa shape index (κ2) is 10.8. The van der Waals surface area contributed by atoms with E-state index in [1.807, 2.05) is 18.7 Å². The second-order valence-corrected chi connectivity index (χ2v) is 7.13. The van der Waals surface area contributed by atoms with Gasteiger partial charge in [-0.3, -0.25) is 14.6 Å². The number of rotatable bonds is 9. The summed E-state index contributed by atoms with van der Waals surface area (Å²) in [5.74, 6) is 1.58. The number of hydrogen-bond donors (Lipinski definition) is 2. The monoisotopic (exact) mass is 430 g/mol. The van der Waals surface area contributed by atoms with Gasteiger partial charge in [-0.15, -0.1) is 0 Å². The van der Waals surface area contributed by atoms with Crippen molar-refractivity contribution in [3.63, 3.8) is 0 Å². The van der Waals surface area contributed by atoms with E-state index in [1.165, 1.54) is 0 Å². The first-order chi connectivity index (χ1) is 15.0. The highest BCUT2D eigenvalue weighted by Gasteiger charge is 2.17. The zero-order valence-electron chi connectivity index (χ0n) is 18.3. The molecule has 1 aliphatic heterocycles. The van der Waals surface area contributed by atoms with Gasteiger partial charge in [0.2, 0.25) is 11.9 Å². The van der Waals surface area contributed by atoms with Crippen LogP contribution >= 0.6 is 0 Å². The third kappa shape index (κ3) is 5.97. The van der Waals surface area contributed by atoms with Crippen LogP contribution in [0.4, 0.5) is 11.6 Å². The molecule has 1 aromatic heterocycles. The maximum atomic E-state index is 12.6. The summed E-state index contributed by atoms with van der Waals surface area (Å²) in [4.78, 5) is 34.4. The Balaban J connectivity index is 1.63. The van der Waals surface area contributed by atoms with Gasteiger partial charge in [0, 0.05) is 42.5 Å². The molecular formula is C22H30N4O5. The van der Waals surface area contributed by atoms with E-state index in [4.69, 9.17) is 14.2 Å². The number of H-pyrrole nitrogens is 1. The van der Waals surface area contributed by atoms with Gasteiger partial charge in [0.1, 0.15) is 0 Å². The predicted octanol–water partition coefficient (Wildman–Crippen LogP) is 2.28. The van der Waals surface area contributed by atoms with E-state index in [9.17, 15) is 9.59 Å². The molecule has 31 heavy (non-hydrogen) atoms. The van der Waals surface area contributed by atoms with Crippen molar-refractivity contribution in [2.24, 2.45) is 0 Å². The van der Waals surface area contributed by atoms with Crippen LogP contribution in [0.5, 0.6) is 11.5 Å². The molecule has 0 aliphatic carbocycles. The van der Waals surface area contributed by atoms with Crippen molar-refractivity contribution in [3.8, 4) is 11.5 Å². The molecule has 3 rings (SSSR count). The number of aromatic nitrogens is 2. The van der Waals surface area contributed by atoms with Gasteiger partial charge in [-0.1, -0.05) is 0 Å². The lowest BCUT2D eigenvalue weighted by atomic mass is 10.1. The van der Waals surface area contributed by atoms with Gasteiger partial charge in [-0.25, -0.2) is 4.98 Å². The van der Waals surface area contributed by atoms with Crippen LogP contribution in [0.1, 0.15) is 31.5 Å². The Kier molecular flexibility index (Phi) is 7.88. The molecule has 0 bridgehead atoms. The van der Waals surface area contributed by atoms with Crippen LogP contribution in [-0.2, 0) is 16.0 Å². The van der Waals surface area contributed by atoms with E-state index in [0.29, 0.717) is 80.3 Å². The van der Waals surface area contributed by atoms with Crippen molar-refractivity contribution in [2.75, 3.05) is 49.7 Å². The fourth-order valence-corrected chi connectivity index (χ4v) is 3.41. The fraction of sp³-hybridized carbons (Fsp3) is 0.500. The van der Waals surface area contributed by atoms with Crippen LogP contribution in [-0.4, -0.2) is 55.4 Å². The number of carbonyl (C=O) groups is 1. The summed E-state index contributed by atoms with van der Waals surface area (Å²) in [5, 5.41) is 2.85. The number of aryl methyl sites for hydroxylation is 1. The predicted molar refractivity (Wildman–Crippen MR) is 118 cm³/mol. The van der Waals surface area contributed by atoms with Gasteiger partial charge in [-0.05, 0) is 39.3 Å². The Morgan fingerprint density at radius 2 is 1.90 bits per heavy atom. The number of anilines is 2. The van der Waals surface area contributed by atoms with Crippen molar-refractivity contribution in [1.82, 2.24) is 9.97 Å². The number of hydrogen-bond acceptors (Lipinski definition) is 7. The van der Waals surface area contributed by atoms with Crippen LogP contribution < -0.4 is 25.2 Å². The van der Waals surface area contributed by atoms with Crippen LogP contribution in [0.25, 0.3) is 0 Å². The van der Waals surface area contributed by atoms with E-state index in [-0.39, 0.29) is 17.9 Å². The topological polar surface area (TPSA) is 106 Å². The van der Waals surface area contributed by atoms with Crippen molar-refractivity contribution in [3.05, 3.63) is 39.8 Å². The standard InChI is InChI=1S/C22H30N4O5/c1-4-30-18-8-6-16(14-19(18)31-5-2)24-20(27)9-7-17-15(3)23-22(25-21(17)28)26-10-12-29-13-11-26/h6,8,14H,4-5,7,9-13H2,1-3H3,(H,24,27)(H,23,25,28). The summed E-state index contributed by atoms with van der Waals surface area (Å²) in [6.45, 7) is 9.21. The second-order valence-electron chi connectivity index (χ2n) is 7.13. The van der Waals surface area contributed by atoms with Gasteiger partial charge in [0.15, 0.2) is 11.5 Å². The summed E-state index contributed by atoms with van der Waals surface area (Å²) in [6.07, 6.45) is 0.471. The Bertz CT molecular complexity index is 953. The number of nitrogens with one attached hydrogen (secondary N) is 2. The lowest BCUT2D eigenvalue weighted by Gasteiger charge is -2.27. The summed E-state index contributed by atoms with van der Waals surface area (Å²) in [5.41, 5.74) is 1.57. The highest BCUT2D eigenvalue weighted by Crippen LogP contribution is 2.30. The molecule has 1 amide bonds. The Hall–Kier alpha value is -3.07.